The van der Waals surface area contributed by atoms with Crippen molar-refractivity contribution in [2.75, 3.05) is 0 Å². The van der Waals surface area contributed by atoms with Gasteiger partial charge in [-0.25, -0.2) is 0 Å². The number of allylic oxidation sites excluding steroid dienone is 1. The molecule has 0 fully saturated rings. The van der Waals surface area contributed by atoms with Gasteiger partial charge >= 0.3 is 0 Å². The van der Waals surface area contributed by atoms with Gasteiger partial charge in [0.2, 0.25) is 0 Å². The largest absolute Gasteiger partial charge is 0.199 e. The van der Waals surface area contributed by atoms with Crippen molar-refractivity contribution in [1.82, 2.24) is 0 Å². The molecule has 0 aliphatic rings. The van der Waals surface area contributed by atoms with E-state index in [9.17, 15) is 0 Å². The molecule has 0 nitrogen and oxygen atoms in total. The van der Waals surface area contributed by atoms with Crippen molar-refractivity contribution in [3.05, 3.63) is 11.8 Å². The number of halogens is 2. The second-order valence-corrected chi connectivity index (χ2v) is 17.1. The molecule has 36 valence electrons. The first-order valence-electron chi connectivity index (χ1n) is 1.68. The van der Waals surface area contributed by atoms with Gasteiger partial charge in [0, 0.05) is 0 Å². The molecular formula is C3H6I2Si. The fourth-order valence-electron chi connectivity index (χ4n) is 0.145. The monoisotopic (exact) mass is 324 g/mol. The number of hydrogen-bond donors (Lipinski definition) is 0. The first kappa shape index (κ1) is 7.42. The minimum absolute atomic E-state index is 0.411. The van der Waals surface area contributed by atoms with E-state index in [4.69, 9.17) is 0 Å². The van der Waals surface area contributed by atoms with Gasteiger partial charge in [-0.05, 0) is 6.92 Å². The van der Waals surface area contributed by atoms with Gasteiger partial charge in [0.05, 0.1) is 0 Å². The predicted molar refractivity (Wildman–Crippen MR) is 50.0 cm³/mol. The van der Waals surface area contributed by atoms with Crippen molar-refractivity contribution in [2.45, 2.75) is 6.92 Å². The summed E-state index contributed by atoms with van der Waals surface area (Å²) in [5.41, 5.74) is 2.28. The van der Waals surface area contributed by atoms with Crippen LogP contribution in [0.15, 0.2) is 11.8 Å². The van der Waals surface area contributed by atoms with E-state index in [0.717, 1.165) is 0 Å². The Bertz CT molecular complexity index is 50.8. The van der Waals surface area contributed by atoms with Gasteiger partial charge < -0.3 is 0 Å². The molecule has 0 unspecified atom stereocenters. The summed E-state index contributed by atoms with van der Waals surface area (Å²) in [5, 5.41) is 0. The van der Waals surface area contributed by atoms with Gasteiger partial charge in [0.1, 0.15) is 0 Å². The molecule has 0 heterocycles. The highest BCUT2D eigenvalue weighted by Crippen LogP contribution is 2.03. The lowest BCUT2D eigenvalue weighted by Crippen LogP contribution is -1.77. The molecule has 0 aromatic heterocycles. The maximum atomic E-state index is 2.48. The molecule has 6 heavy (non-hydrogen) atoms. The lowest BCUT2D eigenvalue weighted by molar-refractivity contribution is 1.78. The average molecular weight is 324 g/mol. The molecular weight excluding hydrogens is 318 g/mol. The highest BCUT2D eigenvalue weighted by molar-refractivity contribution is 14.3. The molecule has 0 spiro atoms. The van der Waals surface area contributed by atoms with Crippen molar-refractivity contribution in [3.8, 4) is 0 Å². The summed E-state index contributed by atoms with van der Waals surface area (Å²) in [4.78, 5) is 0. The van der Waals surface area contributed by atoms with Gasteiger partial charge in [0.15, 0.2) is 3.79 Å². The van der Waals surface area contributed by atoms with Crippen molar-refractivity contribution in [3.63, 3.8) is 0 Å². The quantitative estimate of drug-likeness (QED) is 0.394. The van der Waals surface area contributed by atoms with E-state index >= 15 is 0 Å². The first-order chi connectivity index (χ1) is 2.77. The van der Waals surface area contributed by atoms with Crippen LogP contribution in [0, 0.1) is 0 Å². The van der Waals surface area contributed by atoms with Crippen LogP contribution in [-0.2, 0) is 0 Å². The molecule has 0 saturated heterocycles. The van der Waals surface area contributed by atoms with Gasteiger partial charge in [-0.2, -0.15) is 0 Å². The summed E-state index contributed by atoms with van der Waals surface area (Å²) >= 11 is 4.96. The Morgan fingerprint density at radius 2 is 2.00 bits per heavy atom. The Morgan fingerprint density at radius 3 is 2.00 bits per heavy atom. The molecule has 0 aliphatic heterocycles. The van der Waals surface area contributed by atoms with Crippen LogP contribution in [0.4, 0.5) is 0 Å². The van der Waals surface area contributed by atoms with Crippen LogP contribution in [0.25, 0.3) is 0 Å². The van der Waals surface area contributed by atoms with Crippen LogP contribution in [0.1, 0.15) is 6.92 Å². The minimum Gasteiger partial charge on any atom is -0.104 e. The summed E-state index contributed by atoms with van der Waals surface area (Å²) < 4.78 is -0.411. The van der Waals surface area contributed by atoms with Crippen LogP contribution in [0.3, 0.4) is 0 Å². The zero-order valence-electron chi connectivity index (χ0n) is 3.49. The standard InChI is InChI=1S/C3H6I2Si/c1-2-3-6(4)5/h2-3,6H,1H3. The first-order valence-corrected chi connectivity index (χ1v) is 10.7. The molecule has 0 aromatic rings. The highest BCUT2D eigenvalue weighted by Gasteiger charge is 1.85. The Hall–Kier alpha value is 1.42. The highest BCUT2D eigenvalue weighted by atomic mass is 127. The molecule has 0 aromatic carbocycles. The van der Waals surface area contributed by atoms with Crippen molar-refractivity contribution in [1.29, 1.82) is 0 Å². The third kappa shape index (κ3) is 5.42. The molecule has 0 rings (SSSR count). The van der Waals surface area contributed by atoms with Crippen LogP contribution < -0.4 is 0 Å². The van der Waals surface area contributed by atoms with Crippen molar-refractivity contribution >= 4 is 47.4 Å². The summed E-state index contributed by atoms with van der Waals surface area (Å²) in [5.74, 6) is 0. The molecule has 0 bridgehead atoms. The lowest BCUT2D eigenvalue weighted by Gasteiger charge is -1.78. The maximum Gasteiger partial charge on any atom is 0.199 e. The minimum atomic E-state index is -0.411. The van der Waals surface area contributed by atoms with Crippen LogP contribution >= 0.6 is 43.6 Å². The van der Waals surface area contributed by atoms with E-state index in [0.29, 0.717) is 0 Å². The molecule has 0 amide bonds. The van der Waals surface area contributed by atoms with Crippen LogP contribution in [0.5, 0.6) is 0 Å². The summed E-state index contributed by atoms with van der Waals surface area (Å²) in [6, 6.07) is 0. The van der Waals surface area contributed by atoms with Crippen LogP contribution in [-0.4, -0.2) is 3.79 Å². The summed E-state index contributed by atoms with van der Waals surface area (Å²) in [7, 11) is 0. The third-order valence-corrected chi connectivity index (χ3v) is 3.51. The normalized spacial score (nSPS) is 11.3. The van der Waals surface area contributed by atoms with E-state index in [-0.39, 0.29) is 0 Å². The number of hydrogen-bond acceptors (Lipinski definition) is 0. The fraction of sp³-hybridized carbons (Fsp3) is 0.333. The SMILES string of the molecule is CC=C[SiH](I)I. The Labute approximate surface area is 65.4 Å². The fourth-order valence-corrected chi connectivity index (χ4v) is 2.93. The summed E-state index contributed by atoms with van der Waals surface area (Å²) in [6.45, 7) is 2.07. The molecule has 0 N–H and O–H groups in total. The van der Waals surface area contributed by atoms with E-state index < -0.39 is 3.79 Å². The number of rotatable bonds is 1. The zero-order valence-corrected chi connectivity index (χ0v) is 8.96. The van der Waals surface area contributed by atoms with E-state index in [1.165, 1.54) is 0 Å². The smallest absolute Gasteiger partial charge is 0.104 e. The molecule has 0 atom stereocenters. The van der Waals surface area contributed by atoms with Gasteiger partial charge in [-0.3, -0.25) is 0 Å². The zero-order chi connectivity index (χ0) is 4.99. The predicted octanol–water partition coefficient (Wildman–Crippen LogP) is 2.19. The maximum absolute atomic E-state index is 2.48. The molecule has 0 radical (unpaired) electrons. The van der Waals surface area contributed by atoms with Crippen molar-refractivity contribution in [2.24, 2.45) is 0 Å². The average Bonchev–Trinajstić information content (AvgIpc) is 1.35. The Kier molecular flexibility index (Phi) is 5.65. The van der Waals surface area contributed by atoms with E-state index in [1.54, 1.807) is 0 Å². The second kappa shape index (κ2) is 4.57. The Morgan fingerprint density at radius 1 is 1.50 bits per heavy atom. The van der Waals surface area contributed by atoms with Crippen molar-refractivity contribution < 1.29 is 0 Å². The molecule has 0 aliphatic carbocycles. The topological polar surface area (TPSA) is 0 Å². The van der Waals surface area contributed by atoms with Gasteiger partial charge in [0.25, 0.3) is 0 Å². The lowest BCUT2D eigenvalue weighted by atomic mass is 10.8. The van der Waals surface area contributed by atoms with Crippen LogP contribution in [0.2, 0.25) is 0 Å². The third-order valence-electron chi connectivity index (χ3n) is 0.338. The Balaban J connectivity index is 3.03. The van der Waals surface area contributed by atoms with E-state index in [1.807, 2.05) is 0 Å². The van der Waals surface area contributed by atoms with Gasteiger partial charge in [-0.1, -0.05) is 11.8 Å². The summed E-state index contributed by atoms with van der Waals surface area (Å²) in [6.07, 6.45) is 2.12. The molecule has 0 saturated carbocycles. The molecule has 3 heteroatoms. The van der Waals surface area contributed by atoms with E-state index in [2.05, 4.69) is 62.3 Å². The second-order valence-electron chi connectivity index (χ2n) is 0.860. The van der Waals surface area contributed by atoms with Gasteiger partial charge in [-0.15, -0.1) is 43.6 Å².